The van der Waals surface area contributed by atoms with Gasteiger partial charge >= 0.3 is 0 Å². The predicted octanol–water partition coefficient (Wildman–Crippen LogP) is 3.52. The van der Waals surface area contributed by atoms with Crippen molar-refractivity contribution < 1.29 is 0 Å². The Morgan fingerprint density at radius 2 is 2.12 bits per heavy atom. The molecule has 3 heteroatoms. The molecule has 1 aromatic heterocycles. The molecule has 2 atom stereocenters. The highest BCUT2D eigenvalue weighted by molar-refractivity contribution is 6.31. The number of nitrogens with one attached hydrogen (secondary N) is 1. The lowest BCUT2D eigenvalue weighted by molar-refractivity contribution is 0.558. The highest BCUT2D eigenvalue weighted by atomic mass is 35.5. The van der Waals surface area contributed by atoms with E-state index < -0.39 is 0 Å². The maximum atomic E-state index is 6.00. The summed E-state index contributed by atoms with van der Waals surface area (Å²) in [6, 6.07) is 8.17. The normalized spacial score (nSPS) is 26.4. The van der Waals surface area contributed by atoms with Crippen LogP contribution in [0.4, 0.5) is 0 Å². The Hall–Kier alpha value is -0.990. The molecule has 1 fully saturated rings. The Morgan fingerprint density at radius 1 is 1.35 bits per heavy atom. The van der Waals surface area contributed by atoms with Gasteiger partial charge in [0.15, 0.2) is 0 Å². The molecule has 0 spiro atoms. The molecule has 17 heavy (non-hydrogen) atoms. The van der Waals surface area contributed by atoms with E-state index in [0.717, 1.165) is 17.1 Å². The van der Waals surface area contributed by atoms with Crippen molar-refractivity contribution in [3.8, 4) is 0 Å². The number of hydrogen-bond acceptors (Lipinski definition) is 1. The summed E-state index contributed by atoms with van der Waals surface area (Å²) < 4.78 is 0. The maximum Gasteiger partial charge on any atom is 0.0457 e. The van der Waals surface area contributed by atoms with Gasteiger partial charge in [0.2, 0.25) is 0 Å². The minimum atomic E-state index is 0.319. The Morgan fingerprint density at radius 3 is 2.76 bits per heavy atom. The molecule has 2 aromatic rings. The van der Waals surface area contributed by atoms with Crippen LogP contribution in [0.5, 0.6) is 0 Å². The molecular formula is C14H17ClN2. The van der Waals surface area contributed by atoms with E-state index >= 15 is 0 Å². The van der Waals surface area contributed by atoms with Crippen molar-refractivity contribution >= 4 is 22.5 Å². The first-order chi connectivity index (χ1) is 8.04. The summed E-state index contributed by atoms with van der Waals surface area (Å²) in [4.78, 5) is 3.49. The van der Waals surface area contributed by atoms with Gasteiger partial charge in [-0.1, -0.05) is 25.4 Å². The number of aromatic amines is 1. The number of H-pyrrole nitrogens is 1. The summed E-state index contributed by atoms with van der Waals surface area (Å²) in [5, 5.41) is 1.97. The third kappa shape index (κ3) is 1.59. The highest BCUT2D eigenvalue weighted by Gasteiger charge is 2.57. The highest BCUT2D eigenvalue weighted by Crippen LogP contribution is 2.63. The minimum Gasteiger partial charge on any atom is -0.358 e. The van der Waals surface area contributed by atoms with Crippen LogP contribution in [0.2, 0.25) is 5.02 Å². The van der Waals surface area contributed by atoms with E-state index in [1.165, 1.54) is 11.1 Å². The fraction of sp³-hybridized carbons (Fsp3) is 0.429. The van der Waals surface area contributed by atoms with E-state index in [9.17, 15) is 0 Å². The molecule has 0 amide bonds. The SMILES string of the molecule is CC1(C)[C@H](CN)[C@H]1c1cc2cc(Cl)ccc2[nH]1. The fourth-order valence-corrected chi connectivity index (χ4v) is 3.28. The average molecular weight is 249 g/mol. The molecule has 1 aliphatic carbocycles. The van der Waals surface area contributed by atoms with Crippen LogP contribution in [0.3, 0.4) is 0 Å². The van der Waals surface area contributed by atoms with Crippen LogP contribution in [0.1, 0.15) is 25.5 Å². The second-order valence-corrected chi connectivity index (χ2v) is 6.03. The van der Waals surface area contributed by atoms with Crippen molar-refractivity contribution in [2.24, 2.45) is 17.1 Å². The molecular weight excluding hydrogens is 232 g/mol. The van der Waals surface area contributed by atoms with E-state index in [-0.39, 0.29) is 0 Å². The van der Waals surface area contributed by atoms with Gasteiger partial charge in [-0.15, -0.1) is 0 Å². The van der Waals surface area contributed by atoms with Crippen molar-refractivity contribution in [1.82, 2.24) is 4.98 Å². The van der Waals surface area contributed by atoms with E-state index in [2.05, 4.69) is 24.9 Å². The Balaban J connectivity index is 2.03. The first-order valence-corrected chi connectivity index (χ1v) is 6.40. The molecule has 1 heterocycles. The molecule has 90 valence electrons. The zero-order chi connectivity index (χ0) is 12.2. The maximum absolute atomic E-state index is 6.00. The molecule has 3 rings (SSSR count). The van der Waals surface area contributed by atoms with Gasteiger partial charge in [-0.25, -0.2) is 0 Å². The van der Waals surface area contributed by atoms with E-state index in [1.807, 2.05) is 18.2 Å². The lowest BCUT2D eigenvalue weighted by Crippen LogP contribution is -2.05. The van der Waals surface area contributed by atoms with Gasteiger partial charge in [-0.05, 0) is 42.1 Å². The molecule has 3 N–H and O–H groups in total. The number of benzene rings is 1. The van der Waals surface area contributed by atoms with Crippen molar-refractivity contribution in [2.75, 3.05) is 6.54 Å². The van der Waals surface area contributed by atoms with Crippen LogP contribution in [0.15, 0.2) is 24.3 Å². The van der Waals surface area contributed by atoms with Crippen molar-refractivity contribution in [2.45, 2.75) is 19.8 Å². The summed E-state index contributed by atoms with van der Waals surface area (Å²) >= 11 is 6.00. The molecule has 0 aliphatic heterocycles. The van der Waals surface area contributed by atoms with Crippen LogP contribution in [-0.2, 0) is 0 Å². The van der Waals surface area contributed by atoms with Crippen LogP contribution in [-0.4, -0.2) is 11.5 Å². The standard InChI is InChI=1S/C14H17ClN2/c1-14(2)10(7-16)13(14)12-6-8-5-9(15)3-4-11(8)17-12/h3-6,10,13,17H,7,16H2,1-2H3/t10-,13+/m1/s1. The lowest BCUT2D eigenvalue weighted by atomic mass is 10.1. The summed E-state index contributed by atoms with van der Waals surface area (Å²) in [6.07, 6.45) is 0. The van der Waals surface area contributed by atoms with Crippen molar-refractivity contribution in [3.05, 3.63) is 35.0 Å². The zero-order valence-corrected chi connectivity index (χ0v) is 10.9. The summed E-state index contributed by atoms with van der Waals surface area (Å²) in [7, 11) is 0. The van der Waals surface area contributed by atoms with Crippen molar-refractivity contribution in [3.63, 3.8) is 0 Å². The molecule has 0 saturated heterocycles. The van der Waals surface area contributed by atoms with Gasteiger partial charge < -0.3 is 10.7 Å². The number of halogens is 1. The molecule has 1 aliphatic rings. The number of hydrogen-bond donors (Lipinski definition) is 2. The van der Waals surface area contributed by atoms with Crippen LogP contribution in [0, 0.1) is 11.3 Å². The van der Waals surface area contributed by atoms with Gasteiger partial charge in [0.1, 0.15) is 0 Å². The predicted molar refractivity (Wildman–Crippen MR) is 72.4 cm³/mol. The summed E-state index contributed by atoms with van der Waals surface area (Å²) in [5.41, 5.74) is 8.59. The van der Waals surface area contributed by atoms with E-state index in [1.54, 1.807) is 0 Å². The van der Waals surface area contributed by atoms with Gasteiger partial charge in [0.05, 0.1) is 0 Å². The molecule has 0 radical (unpaired) electrons. The molecule has 1 saturated carbocycles. The molecule has 2 nitrogen and oxygen atoms in total. The molecule has 1 aromatic carbocycles. The monoisotopic (exact) mass is 248 g/mol. The zero-order valence-electron chi connectivity index (χ0n) is 10.1. The number of fused-ring (bicyclic) bond motifs is 1. The van der Waals surface area contributed by atoms with E-state index in [0.29, 0.717) is 17.3 Å². The van der Waals surface area contributed by atoms with Crippen LogP contribution in [0.25, 0.3) is 10.9 Å². The minimum absolute atomic E-state index is 0.319. The first kappa shape index (κ1) is 11.1. The van der Waals surface area contributed by atoms with Gasteiger partial charge in [0, 0.05) is 27.5 Å². The Kier molecular flexibility index (Phi) is 2.29. The van der Waals surface area contributed by atoms with E-state index in [4.69, 9.17) is 17.3 Å². The van der Waals surface area contributed by atoms with Gasteiger partial charge in [-0.3, -0.25) is 0 Å². The quantitative estimate of drug-likeness (QED) is 0.839. The first-order valence-electron chi connectivity index (χ1n) is 6.02. The van der Waals surface area contributed by atoms with Crippen LogP contribution >= 0.6 is 11.6 Å². The topological polar surface area (TPSA) is 41.8 Å². The van der Waals surface area contributed by atoms with Gasteiger partial charge in [-0.2, -0.15) is 0 Å². The van der Waals surface area contributed by atoms with Crippen molar-refractivity contribution in [1.29, 1.82) is 0 Å². The third-order valence-corrected chi connectivity index (χ3v) is 4.48. The molecule has 0 unspecified atom stereocenters. The summed E-state index contributed by atoms with van der Waals surface area (Å²) in [5.74, 6) is 1.14. The fourth-order valence-electron chi connectivity index (χ4n) is 3.09. The third-order valence-electron chi connectivity index (χ3n) is 4.24. The Labute approximate surface area is 106 Å². The second kappa shape index (κ2) is 3.50. The largest absolute Gasteiger partial charge is 0.358 e. The average Bonchev–Trinajstić information content (AvgIpc) is 2.65. The Bertz CT molecular complexity index is 571. The smallest absolute Gasteiger partial charge is 0.0457 e. The molecule has 0 bridgehead atoms. The van der Waals surface area contributed by atoms with Gasteiger partial charge in [0.25, 0.3) is 0 Å². The van der Waals surface area contributed by atoms with Crippen LogP contribution < -0.4 is 5.73 Å². The lowest BCUT2D eigenvalue weighted by Gasteiger charge is -1.99. The number of nitrogens with two attached hydrogens (primary N) is 1. The number of aromatic nitrogens is 1. The second-order valence-electron chi connectivity index (χ2n) is 5.60. The number of rotatable bonds is 2. The summed E-state index contributed by atoms with van der Waals surface area (Å²) in [6.45, 7) is 5.33.